The minimum absolute atomic E-state index is 0.372. The zero-order chi connectivity index (χ0) is 21.2. The molecule has 2 aliphatic rings. The Morgan fingerprint density at radius 3 is 2.74 bits per heavy atom. The second-order valence-corrected chi connectivity index (χ2v) is 9.52. The summed E-state index contributed by atoms with van der Waals surface area (Å²) in [6.07, 6.45) is 5.34. The number of benzene rings is 1. The highest BCUT2D eigenvalue weighted by molar-refractivity contribution is 7.09. The van der Waals surface area contributed by atoms with Crippen LogP contribution >= 0.6 is 11.3 Å². The van der Waals surface area contributed by atoms with E-state index in [9.17, 15) is 5.11 Å². The number of fused-ring (bicyclic) bond motifs is 1. The molecule has 1 saturated carbocycles. The molecule has 31 heavy (non-hydrogen) atoms. The van der Waals surface area contributed by atoms with Gasteiger partial charge in [0.1, 0.15) is 16.6 Å². The Bertz CT molecular complexity index is 1230. The number of aliphatic hydroxyl groups is 1. The van der Waals surface area contributed by atoms with Gasteiger partial charge in [-0.1, -0.05) is 5.16 Å². The number of aromatic nitrogens is 4. The van der Waals surface area contributed by atoms with Gasteiger partial charge in [-0.15, -0.1) is 11.3 Å². The lowest BCUT2D eigenvalue weighted by molar-refractivity contribution is -0.0612. The zero-order valence-corrected chi connectivity index (χ0v) is 18.3. The molecular weight excluding hydrogens is 412 g/mol. The van der Waals surface area contributed by atoms with E-state index in [1.54, 1.807) is 6.20 Å². The summed E-state index contributed by atoms with van der Waals surface area (Å²) in [4.78, 5) is 13.0. The smallest absolute Gasteiger partial charge is 0.169 e. The van der Waals surface area contributed by atoms with Crippen molar-refractivity contribution in [1.29, 1.82) is 0 Å². The molecule has 0 radical (unpaired) electrons. The Morgan fingerprint density at radius 2 is 2.10 bits per heavy atom. The Kier molecular flexibility index (Phi) is 4.31. The molecule has 8 heteroatoms. The molecule has 6 rings (SSSR count). The maximum Gasteiger partial charge on any atom is 0.169 e. The second kappa shape index (κ2) is 6.98. The molecule has 2 N–H and O–H groups in total. The first-order valence-electron chi connectivity index (χ1n) is 10.8. The van der Waals surface area contributed by atoms with Gasteiger partial charge in [-0.3, -0.25) is 0 Å². The summed E-state index contributed by atoms with van der Waals surface area (Å²) in [6, 6.07) is 4.11. The SMILES string of the molecule is Cc1noc(C)c1-c1cc(C(O)(c2nccs2)C2CCCO2)c2nc(C3CC3)[nH]c2c1. The molecule has 0 bridgehead atoms. The summed E-state index contributed by atoms with van der Waals surface area (Å²) in [7, 11) is 0. The van der Waals surface area contributed by atoms with Crippen molar-refractivity contribution in [3.8, 4) is 11.1 Å². The van der Waals surface area contributed by atoms with Crippen LogP contribution in [0.15, 0.2) is 28.2 Å². The van der Waals surface area contributed by atoms with Crippen LogP contribution in [0.1, 0.15) is 59.5 Å². The van der Waals surface area contributed by atoms with E-state index in [1.807, 2.05) is 25.3 Å². The van der Waals surface area contributed by atoms with E-state index >= 15 is 0 Å². The molecule has 1 aliphatic heterocycles. The highest BCUT2D eigenvalue weighted by Crippen LogP contribution is 2.46. The summed E-state index contributed by atoms with van der Waals surface area (Å²) >= 11 is 1.45. The molecule has 7 nitrogen and oxygen atoms in total. The predicted molar refractivity (Wildman–Crippen MR) is 117 cm³/mol. The van der Waals surface area contributed by atoms with Crippen molar-refractivity contribution in [2.24, 2.45) is 0 Å². The number of thiazole rings is 1. The van der Waals surface area contributed by atoms with Crippen LogP contribution in [0.4, 0.5) is 0 Å². The molecule has 1 aliphatic carbocycles. The topological polar surface area (TPSA) is 97.1 Å². The molecule has 0 amide bonds. The van der Waals surface area contributed by atoms with Gasteiger partial charge in [-0.05, 0) is 57.2 Å². The van der Waals surface area contributed by atoms with E-state index in [2.05, 4.69) is 21.2 Å². The molecule has 3 aromatic heterocycles. The fraction of sp³-hybridized carbons (Fsp3) is 0.435. The fourth-order valence-corrected chi connectivity index (χ4v) is 5.56. The van der Waals surface area contributed by atoms with E-state index in [4.69, 9.17) is 14.2 Å². The third-order valence-corrected chi connectivity index (χ3v) is 7.35. The Morgan fingerprint density at radius 1 is 1.23 bits per heavy atom. The number of aromatic amines is 1. The number of aryl methyl sites for hydroxylation is 2. The van der Waals surface area contributed by atoms with E-state index < -0.39 is 5.60 Å². The van der Waals surface area contributed by atoms with Crippen molar-refractivity contribution in [2.75, 3.05) is 6.61 Å². The maximum absolute atomic E-state index is 12.3. The van der Waals surface area contributed by atoms with E-state index in [-0.39, 0.29) is 6.10 Å². The van der Waals surface area contributed by atoms with E-state index in [0.717, 1.165) is 70.7 Å². The number of hydrogen-bond donors (Lipinski definition) is 2. The number of ether oxygens (including phenoxy) is 1. The lowest BCUT2D eigenvalue weighted by atomic mass is 9.84. The predicted octanol–water partition coefficient (Wildman–Crippen LogP) is 4.58. The van der Waals surface area contributed by atoms with Gasteiger partial charge in [0, 0.05) is 35.2 Å². The average Bonchev–Trinajstić information content (AvgIpc) is 3.24. The van der Waals surface area contributed by atoms with E-state index in [1.165, 1.54) is 11.3 Å². The fourth-order valence-electron chi connectivity index (χ4n) is 4.76. The first-order valence-corrected chi connectivity index (χ1v) is 11.6. The molecular formula is C23H24N4O3S. The first kappa shape index (κ1) is 19.2. The Labute approximate surface area is 183 Å². The summed E-state index contributed by atoms with van der Waals surface area (Å²) < 4.78 is 11.5. The van der Waals surface area contributed by atoms with Gasteiger partial charge < -0.3 is 19.4 Å². The minimum atomic E-state index is -1.38. The lowest BCUT2D eigenvalue weighted by Gasteiger charge is -2.32. The van der Waals surface area contributed by atoms with Crippen LogP contribution in [0, 0.1) is 13.8 Å². The highest BCUT2D eigenvalue weighted by atomic mass is 32.1. The molecule has 0 spiro atoms. The zero-order valence-electron chi connectivity index (χ0n) is 17.5. The standard InChI is InChI=1S/C23H24N4O3S/c1-12-19(13(2)30-27-12)15-10-16(20-17(11-15)25-21(26-20)14-5-6-14)23(28,18-4-3-8-29-18)22-24-7-9-31-22/h7,9-11,14,18,28H,3-6,8H2,1-2H3,(H,25,26). The molecule has 2 fully saturated rings. The van der Waals surface area contributed by atoms with Crippen molar-refractivity contribution in [1.82, 2.24) is 20.1 Å². The molecule has 4 heterocycles. The van der Waals surface area contributed by atoms with Crippen molar-refractivity contribution in [3.63, 3.8) is 0 Å². The third kappa shape index (κ3) is 2.96. The quantitative estimate of drug-likeness (QED) is 0.475. The van der Waals surface area contributed by atoms with Gasteiger partial charge in [0.25, 0.3) is 0 Å². The van der Waals surface area contributed by atoms with Crippen LogP contribution in [0.25, 0.3) is 22.2 Å². The van der Waals surface area contributed by atoms with Gasteiger partial charge in [0.15, 0.2) is 5.60 Å². The number of imidazole rings is 1. The number of nitrogens with one attached hydrogen (secondary N) is 1. The van der Waals surface area contributed by atoms with Gasteiger partial charge in [0.05, 0.1) is 22.8 Å². The summed E-state index contributed by atoms with van der Waals surface area (Å²) in [5.74, 6) is 2.21. The number of hydrogen-bond acceptors (Lipinski definition) is 7. The summed E-state index contributed by atoms with van der Waals surface area (Å²) in [6.45, 7) is 4.49. The van der Waals surface area contributed by atoms with Crippen molar-refractivity contribution >= 4 is 22.4 Å². The summed E-state index contributed by atoms with van der Waals surface area (Å²) in [5, 5.41) is 19.0. The molecule has 1 saturated heterocycles. The van der Waals surface area contributed by atoms with Crippen molar-refractivity contribution in [3.05, 3.63) is 51.6 Å². The molecule has 2 atom stereocenters. The lowest BCUT2D eigenvalue weighted by Crippen LogP contribution is -2.40. The molecule has 2 unspecified atom stereocenters. The van der Waals surface area contributed by atoms with Crippen molar-refractivity contribution in [2.45, 2.75) is 57.2 Å². The van der Waals surface area contributed by atoms with Gasteiger partial charge in [-0.25, -0.2) is 9.97 Å². The van der Waals surface area contributed by atoms with Crippen LogP contribution in [-0.4, -0.2) is 37.9 Å². The monoisotopic (exact) mass is 436 g/mol. The van der Waals surface area contributed by atoms with Gasteiger partial charge in [-0.2, -0.15) is 0 Å². The van der Waals surface area contributed by atoms with Crippen LogP contribution < -0.4 is 0 Å². The minimum Gasteiger partial charge on any atom is -0.375 e. The number of rotatable bonds is 5. The second-order valence-electron chi connectivity index (χ2n) is 8.62. The van der Waals surface area contributed by atoms with Crippen LogP contribution in [0.3, 0.4) is 0 Å². The van der Waals surface area contributed by atoms with E-state index in [0.29, 0.717) is 17.5 Å². The van der Waals surface area contributed by atoms with Gasteiger partial charge in [0.2, 0.25) is 0 Å². The average molecular weight is 437 g/mol. The first-order chi connectivity index (χ1) is 15.1. The normalized spacial score (nSPS) is 21.1. The Balaban J connectivity index is 1.65. The van der Waals surface area contributed by atoms with Crippen molar-refractivity contribution < 1.29 is 14.4 Å². The van der Waals surface area contributed by atoms with Crippen LogP contribution in [0.5, 0.6) is 0 Å². The maximum atomic E-state index is 12.3. The third-order valence-electron chi connectivity index (χ3n) is 6.46. The number of H-pyrrole nitrogens is 1. The highest BCUT2D eigenvalue weighted by Gasteiger charge is 2.47. The van der Waals surface area contributed by atoms with Gasteiger partial charge >= 0.3 is 0 Å². The Hall–Kier alpha value is -2.55. The summed E-state index contributed by atoms with van der Waals surface area (Å²) in [5.41, 5.74) is 3.74. The number of nitrogens with zero attached hydrogens (tertiary/aromatic N) is 3. The molecule has 160 valence electrons. The van der Waals surface area contributed by atoms with Crippen LogP contribution in [-0.2, 0) is 10.3 Å². The van der Waals surface area contributed by atoms with Crippen LogP contribution in [0.2, 0.25) is 0 Å². The largest absolute Gasteiger partial charge is 0.375 e. The molecule has 4 aromatic rings. The molecule has 1 aromatic carbocycles.